The van der Waals surface area contributed by atoms with E-state index in [9.17, 15) is 14.7 Å². The Labute approximate surface area is 123 Å². The summed E-state index contributed by atoms with van der Waals surface area (Å²) < 4.78 is 6.90. The summed E-state index contributed by atoms with van der Waals surface area (Å²) in [5.74, 6) is -0.989. The number of carbonyl (C=O) groups is 1. The van der Waals surface area contributed by atoms with Crippen LogP contribution >= 0.6 is 0 Å². The van der Waals surface area contributed by atoms with E-state index < -0.39 is 5.97 Å². The first-order valence-corrected chi connectivity index (χ1v) is 7.18. The van der Waals surface area contributed by atoms with E-state index in [1.807, 2.05) is 6.92 Å². The highest BCUT2D eigenvalue weighted by atomic mass is 16.5. The molecule has 21 heavy (non-hydrogen) atoms. The second-order valence-electron chi connectivity index (χ2n) is 5.56. The Balaban J connectivity index is 2.31. The van der Waals surface area contributed by atoms with E-state index in [1.54, 1.807) is 18.4 Å². The Kier molecular flexibility index (Phi) is 4.80. The van der Waals surface area contributed by atoms with Crippen LogP contribution in [-0.2, 0) is 4.74 Å². The molecule has 6 heteroatoms. The van der Waals surface area contributed by atoms with Crippen molar-refractivity contribution >= 4 is 5.97 Å². The van der Waals surface area contributed by atoms with Gasteiger partial charge in [0.05, 0.1) is 18.8 Å². The van der Waals surface area contributed by atoms with Crippen LogP contribution in [0.4, 0.5) is 0 Å². The Morgan fingerprint density at radius 2 is 2.00 bits per heavy atom. The van der Waals surface area contributed by atoms with Crippen LogP contribution < -0.4 is 5.56 Å². The molecule has 0 saturated carbocycles. The molecule has 0 aromatic carbocycles. The van der Waals surface area contributed by atoms with Crippen LogP contribution in [0.1, 0.15) is 34.6 Å². The van der Waals surface area contributed by atoms with Crippen molar-refractivity contribution in [3.05, 3.63) is 33.2 Å². The van der Waals surface area contributed by atoms with Gasteiger partial charge in [0.25, 0.3) is 5.56 Å². The van der Waals surface area contributed by atoms with Crippen molar-refractivity contribution in [3.63, 3.8) is 0 Å². The molecule has 6 nitrogen and oxygen atoms in total. The van der Waals surface area contributed by atoms with Gasteiger partial charge in [0.2, 0.25) is 0 Å². The van der Waals surface area contributed by atoms with Crippen molar-refractivity contribution in [3.8, 4) is 0 Å². The molecule has 1 aromatic heterocycles. The fraction of sp³-hybridized carbons (Fsp3) is 0.600. The van der Waals surface area contributed by atoms with Gasteiger partial charge in [-0.25, -0.2) is 4.79 Å². The molecule has 116 valence electrons. The highest BCUT2D eigenvalue weighted by molar-refractivity contribution is 5.90. The Morgan fingerprint density at radius 1 is 1.38 bits per heavy atom. The summed E-state index contributed by atoms with van der Waals surface area (Å²) >= 11 is 0. The third kappa shape index (κ3) is 3.33. The predicted octanol–water partition coefficient (Wildman–Crippen LogP) is 1.06. The van der Waals surface area contributed by atoms with Gasteiger partial charge < -0.3 is 14.4 Å². The maximum absolute atomic E-state index is 12.2. The summed E-state index contributed by atoms with van der Waals surface area (Å²) in [6.45, 7) is 9.12. The zero-order valence-corrected chi connectivity index (χ0v) is 12.8. The number of ether oxygens (including phenoxy) is 1. The first-order chi connectivity index (χ1) is 9.91. The zero-order valence-electron chi connectivity index (χ0n) is 12.8. The summed E-state index contributed by atoms with van der Waals surface area (Å²) in [6, 6.07) is 1.33. The van der Waals surface area contributed by atoms with Gasteiger partial charge in [-0.15, -0.1) is 0 Å². The van der Waals surface area contributed by atoms with Crippen molar-refractivity contribution in [2.75, 3.05) is 32.8 Å². The first kappa shape index (κ1) is 15.7. The lowest BCUT2D eigenvalue weighted by atomic mass is 10.1. The van der Waals surface area contributed by atoms with Gasteiger partial charge in [0, 0.05) is 37.4 Å². The summed E-state index contributed by atoms with van der Waals surface area (Å²) in [5, 5.41) is 9.32. The van der Waals surface area contributed by atoms with Crippen LogP contribution in [0.3, 0.4) is 0 Å². The molecule has 1 N–H and O–H groups in total. The molecular weight excluding hydrogens is 272 g/mol. The molecule has 1 fully saturated rings. The van der Waals surface area contributed by atoms with Gasteiger partial charge >= 0.3 is 5.97 Å². The molecule has 1 aromatic rings. The molecule has 1 unspecified atom stereocenters. The molecule has 2 heterocycles. The zero-order chi connectivity index (χ0) is 15.6. The van der Waals surface area contributed by atoms with Crippen molar-refractivity contribution in [1.29, 1.82) is 0 Å². The van der Waals surface area contributed by atoms with Crippen LogP contribution in [0.25, 0.3) is 0 Å². The monoisotopic (exact) mass is 294 g/mol. The van der Waals surface area contributed by atoms with E-state index in [0.29, 0.717) is 31.0 Å². The number of carboxylic acids is 1. The molecular formula is C15H22N2O4. The number of hydrogen-bond donors (Lipinski definition) is 1. The van der Waals surface area contributed by atoms with Gasteiger partial charge in [0.15, 0.2) is 0 Å². The van der Waals surface area contributed by atoms with Gasteiger partial charge in [-0.3, -0.25) is 9.69 Å². The molecule has 0 bridgehead atoms. The third-order valence-corrected chi connectivity index (χ3v) is 3.98. The van der Waals surface area contributed by atoms with Gasteiger partial charge in [-0.05, 0) is 26.3 Å². The SMILES string of the molecule is Cc1cc(=O)n(C(C)CN2CCOCC2)c(C)c1C(=O)O. The molecule has 0 spiro atoms. The highest BCUT2D eigenvalue weighted by Gasteiger charge is 2.21. The number of morpholine rings is 1. The molecule has 1 atom stereocenters. The topological polar surface area (TPSA) is 71.8 Å². The van der Waals surface area contributed by atoms with Crippen molar-refractivity contribution in [1.82, 2.24) is 9.47 Å². The Hall–Kier alpha value is -1.66. The van der Waals surface area contributed by atoms with Crippen LogP contribution in [0, 0.1) is 13.8 Å². The fourth-order valence-electron chi connectivity index (χ4n) is 3.01. The van der Waals surface area contributed by atoms with E-state index in [-0.39, 0.29) is 17.2 Å². The maximum Gasteiger partial charge on any atom is 0.337 e. The lowest BCUT2D eigenvalue weighted by Gasteiger charge is -2.30. The standard InChI is InChI=1S/C15H22N2O4/c1-10-8-13(18)17(12(3)14(10)15(19)20)11(2)9-16-4-6-21-7-5-16/h8,11H,4-7,9H2,1-3H3,(H,19,20). The largest absolute Gasteiger partial charge is 0.478 e. The number of aromatic nitrogens is 1. The molecule has 1 aliphatic heterocycles. The van der Waals surface area contributed by atoms with Crippen LogP contribution in [0.2, 0.25) is 0 Å². The normalized spacial score (nSPS) is 17.7. The Morgan fingerprint density at radius 3 is 2.57 bits per heavy atom. The number of rotatable bonds is 4. The van der Waals surface area contributed by atoms with Gasteiger partial charge in [-0.2, -0.15) is 0 Å². The number of carboxylic acid groups (broad SMARTS) is 1. The average molecular weight is 294 g/mol. The third-order valence-electron chi connectivity index (χ3n) is 3.98. The van der Waals surface area contributed by atoms with Gasteiger partial charge in [0.1, 0.15) is 0 Å². The predicted molar refractivity (Wildman–Crippen MR) is 79.1 cm³/mol. The quantitative estimate of drug-likeness (QED) is 0.899. The number of aromatic carboxylic acids is 1. The van der Waals surface area contributed by atoms with E-state index in [4.69, 9.17) is 4.74 Å². The Bertz CT molecular complexity index is 588. The minimum Gasteiger partial charge on any atom is -0.478 e. The number of aryl methyl sites for hydroxylation is 1. The molecule has 1 aliphatic rings. The second kappa shape index (κ2) is 6.41. The van der Waals surface area contributed by atoms with Crippen molar-refractivity contribution in [2.24, 2.45) is 0 Å². The van der Waals surface area contributed by atoms with E-state index >= 15 is 0 Å². The minimum absolute atomic E-state index is 0.0747. The highest BCUT2D eigenvalue weighted by Crippen LogP contribution is 2.16. The summed E-state index contributed by atoms with van der Waals surface area (Å²) in [6.07, 6.45) is 0. The lowest BCUT2D eigenvalue weighted by Crippen LogP contribution is -2.41. The maximum atomic E-state index is 12.2. The summed E-state index contributed by atoms with van der Waals surface area (Å²) in [4.78, 5) is 25.9. The second-order valence-corrected chi connectivity index (χ2v) is 5.56. The molecule has 1 saturated heterocycles. The summed E-state index contributed by atoms with van der Waals surface area (Å²) in [7, 11) is 0. The molecule has 0 aliphatic carbocycles. The average Bonchev–Trinajstić information content (AvgIpc) is 2.38. The van der Waals surface area contributed by atoms with Crippen molar-refractivity contribution < 1.29 is 14.6 Å². The number of hydrogen-bond acceptors (Lipinski definition) is 4. The van der Waals surface area contributed by atoms with E-state index in [1.165, 1.54) is 6.07 Å². The summed E-state index contributed by atoms with van der Waals surface area (Å²) in [5.41, 5.74) is 1.12. The number of nitrogens with zero attached hydrogens (tertiary/aromatic N) is 2. The minimum atomic E-state index is -0.989. The van der Waals surface area contributed by atoms with E-state index in [2.05, 4.69) is 4.90 Å². The first-order valence-electron chi connectivity index (χ1n) is 7.18. The van der Waals surface area contributed by atoms with Crippen LogP contribution in [0.5, 0.6) is 0 Å². The van der Waals surface area contributed by atoms with E-state index in [0.717, 1.165) is 13.1 Å². The molecule has 0 radical (unpaired) electrons. The number of pyridine rings is 1. The molecule has 2 rings (SSSR count). The van der Waals surface area contributed by atoms with Gasteiger partial charge in [-0.1, -0.05) is 0 Å². The van der Waals surface area contributed by atoms with Crippen molar-refractivity contribution in [2.45, 2.75) is 26.8 Å². The van der Waals surface area contributed by atoms with Crippen LogP contribution in [-0.4, -0.2) is 53.4 Å². The smallest absolute Gasteiger partial charge is 0.337 e. The lowest BCUT2D eigenvalue weighted by molar-refractivity contribution is 0.0322. The fourth-order valence-corrected chi connectivity index (χ4v) is 3.01. The van der Waals surface area contributed by atoms with Crippen LogP contribution in [0.15, 0.2) is 10.9 Å². The molecule has 0 amide bonds.